The number of nitrogens with one attached hydrogen (secondary N) is 1. The lowest BCUT2D eigenvalue weighted by Gasteiger charge is -2.29. The quantitative estimate of drug-likeness (QED) is 0.658. The Morgan fingerprint density at radius 2 is 2.00 bits per heavy atom. The SMILES string of the molecule is C[C@@H](Oc1cc(-c2ccc(N3CCOCC3)cc2)cn2ncc(Cl)c12)[C@H]1CNC(=O)C1. The molecule has 4 heterocycles. The maximum absolute atomic E-state index is 11.6. The van der Waals surface area contributed by atoms with Gasteiger partial charge >= 0.3 is 0 Å². The van der Waals surface area contributed by atoms with Gasteiger partial charge in [-0.3, -0.25) is 4.79 Å². The Hall–Kier alpha value is -2.77. The highest BCUT2D eigenvalue weighted by Gasteiger charge is 2.28. The summed E-state index contributed by atoms with van der Waals surface area (Å²) in [4.78, 5) is 13.9. The molecule has 1 aromatic carbocycles. The maximum atomic E-state index is 11.6. The minimum absolute atomic E-state index is 0.0714. The molecule has 0 bridgehead atoms. The van der Waals surface area contributed by atoms with Gasteiger partial charge in [0.15, 0.2) is 0 Å². The van der Waals surface area contributed by atoms with E-state index in [1.807, 2.05) is 19.2 Å². The molecule has 2 atom stereocenters. The van der Waals surface area contributed by atoms with Gasteiger partial charge in [0.25, 0.3) is 0 Å². The first kappa shape index (κ1) is 20.2. The first-order valence-electron chi connectivity index (χ1n) is 10.6. The second-order valence-electron chi connectivity index (χ2n) is 8.12. The van der Waals surface area contributed by atoms with E-state index in [9.17, 15) is 4.79 Å². The summed E-state index contributed by atoms with van der Waals surface area (Å²) in [7, 11) is 0. The van der Waals surface area contributed by atoms with Gasteiger partial charge in [0.2, 0.25) is 5.91 Å². The van der Waals surface area contributed by atoms with Gasteiger partial charge in [-0.1, -0.05) is 23.7 Å². The van der Waals surface area contributed by atoms with Crippen LogP contribution in [0.2, 0.25) is 5.02 Å². The first-order valence-corrected chi connectivity index (χ1v) is 11.0. The van der Waals surface area contributed by atoms with E-state index in [1.54, 1.807) is 10.7 Å². The van der Waals surface area contributed by atoms with Gasteiger partial charge in [-0.05, 0) is 30.7 Å². The van der Waals surface area contributed by atoms with Crippen LogP contribution >= 0.6 is 11.6 Å². The monoisotopic (exact) mass is 440 g/mol. The fourth-order valence-corrected chi connectivity index (χ4v) is 4.46. The van der Waals surface area contributed by atoms with Crippen LogP contribution in [-0.2, 0) is 9.53 Å². The van der Waals surface area contributed by atoms with E-state index in [1.165, 1.54) is 5.69 Å². The number of halogens is 1. The van der Waals surface area contributed by atoms with Gasteiger partial charge in [-0.25, -0.2) is 4.52 Å². The van der Waals surface area contributed by atoms with Crippen LogP contribution < -0.4 is 15.0 Å². The van der Waals surface area contributed by atoms with Gasteiger partial charge < -0.3 is 19.7 Å². The normalized spacial score (nSPS) is 20.1. The fraction of sp³-hybridized carbons (Fsp3) is 0.391. The van der Waals surface area contributed by atoms with E-state index in [4.69, 9.17) is 21.1 Å². The van der Waals surface area contributed by atoms with Crippen LogP contribution in [0, 0.1) is 5.92 Å². The van der Waals surface area contributed by atoms with E-state index in [-0.39, 0.29) is 17.9 Å². The summed E-state index contributed by atoms with van der Waals surface area (Å²) in [5.74, 6) is 0.872. The highest BCUT2D eigenvalue weighted by Crippen LogP contribution is 2.34. The highest BCUT2D eigenvalue weighted by molar-refractivity contribution is 6.34. The number of morpholine rings is 1. The molecule has 2 fully saturated rings. The standard InChI is InChI=1S/C23H25ClN4O3/c1-15(17-11-22(29)25-12-17)31-21-10-18(14-28-23(21)20(24)13-26-28)16-2-4-19(5-3-16)27-6-8-30-9-7-27/h2-5,10,13-15,17H,6-9,11-12H2,1H3,(H,25,29)/t15-,17-/m1/s1. The number of fused-ring (bicyclic) bond motifs is 1. The summed E-state index contributed by atoms with van der Waals surface area (Å²) in [6, 6.07) is 10.5. The molecule has 1 N–H and O–H groups in total. The van der Waals surface area contributed by atoms with Crippen molar-refractivity contribution in [1.82, 2.24) is 14.9 Å². The average Bonchev–Trinajstić information content (AvgIpc) is 3.40. The Bertz CT molecular complexity index is 1090. The van der Waals surface area contributed by atoms with Crippen molar-refractivity contribution in [2.45, 2.75) is 19.4 Å². The summed E-state index contributed by atoms with van der Waals surface area (Å²) in [6.45, 7) is 5.97. The Balaban J connectivity index is 1.44. The number of amides is 1. The molecule has 0 saturated carbocycles. The zero-order valence-electron chi connectivity index (χ0n) is 17.4. The molecule has 7 nitrogen and oxygen atoms in total. The third-order valence-electron chi connectivity index (χ3n) is 6.09. The molecule has 0 radical (unpaired) electrons. The number of hydrogen-bond acceptors (Lipinski definition) is 5. The van der Waals surface area contributed by atoms with Crippen molar-refractivity contribution in [3.05, 3.63) is 47.7 Å². The summed E-state index contributed by atoms with van der Waals surface area (Å²) in [6.07, 6.45) is 3.93. The third kappa shape index (κ3) is 4.07. The molecule has 8 heteroatoms. The third-order valence-corrected chi connectivity index (χ3v) is 6.37. The maximum Gasteiger partial charge on any atom is 0.220 e. The molecule has 2 saturated heterocycles. The molecular formula is C23H25ClN4O3. The van der Waals surface area contributed by atoms with E-state index in [0.717, 1.165) is 42.9 Å². The number of rotatable bonds is 5. The molecule has 2 aliphatic heterocycles. The summed E-state index contributed by atoms with van der Waals surface area (Å²) in [5.41, 5.74) is 3.99. The van der Waals surface area contributed by atoms with E-state index < -0.39 is 0 Å². The van der Waals surface area contributed by atoms with Gasteiger partial charge in [-0.15, -0.1) is 0 Å². The molecule has 162 valence electrons. The number of pyridine rings is 1. The van der Waals surface area contributed by atoms with E-state index in [0.29, 0.717) is 23.7 Å². The minimum atomic E-state index is -0.132. The Morgan fingerprint density at radius 1 is 1.23 bits per heavy atom. The Kier molecular flexibility index (Phi) is 5.46. The van der Waals surface area contributed by atoms with Crippen LogP contribution in [0.3, 0.4) is 0 Å². The van der Waals surface area contributed by atoms with E-state index >= 15 is 0 Å². The molecule has 31 heavy (non-hydrogen) atoms. The second kappa shape index (κ2) is 8.40. The zero-order chi connectivity index (χ0) is 21.4. The number of benzene rings is 1. The minimum Gasteiger partial charge on any atom is -0.488 e. The van der Waals surface area contributed by atoms with Gasteiger partial charge in [-0.2, -0.15) is 5.10 Å². The molecule has 2 aromatic heterocycles. The highest BCUT2D eigenvalue weighted by atomic mass is 35.5. The lowest BCUT2D eigenvalue weighted by Crippen LogP contribution is -2.36. The molecule has 5 rings (SSSR count). The molecular weight excluding hydrogens is 416 g/mol. The molecule has 0 spiro atoms. The largest absolute Gasteiger partial charge is 0.488 e. The van der Waals surface area contributed by atoms with Crippen molar-refractivity contribution in [2.75, 3.05) is 37.7 Å². The predicted octanol–water partition coefficient (Wildman–Crippen LogP) is 3.39. The van der Waals surface area contributed by atoms with Crippen molar-refractivity contribution >= 4 is 28.7 Å². The summed E-state index contributed by atoms with van der Waals surface area (Å²) >= 11 is 6.40. The predicted molar refractivity (Wildman–Crippen MR) is 120 cm³/mol. The first-order chi connectivity index (χ1) is 15.1. The van der Waals surface area contributed by atoms with Crippen LogP contribution in [-0.4, -0.2) is 54.5 Å². The number of hydrogen-bond donors (Lipinski definition) is 1. The van der Waals surface area contributed by atoms with E-state index in [2.05, 4.69) is 39.6 Å². The summed E-state index contributed by atoms with van der Waals surface area (Å²) < 4.78 is 13.5. The summed E-state index contributed by atoms with van der Waals surface area (Å²) in [5, 5.41) is 7.80. The lowest BCUT2D eigenvalue weighted by molar-refractivity contribution is -0.119. The van der Waals surface area contributed by atoms with Gasteiger partial charge in [0.05, 0.1) is 24.4 Å². The number of carbonyl (C=O) groups excluding carboxylic acids is 1. The molecule has 2 aliphatic rings. The Labute approximate surface area is 185 Å². The van der Waals surface area contributed by atoms with Crippen molar-refractivity contribution < 1.29 is 14.3 Å². The fourth-order valence-electron chi connectivity index (χ4n) is 4.24. The van der Waals surface area contributed by atoms with Gasteiger partial charge in [0, 0.05) is 49.4 Å². The lowest BCUT2D eigenvalue weighted by atomic mass is 10.0. The molecule has 1 amide bonds. The van der Waals surface area contributed by atoms with Crippen LogP contribution in [0.4, 0.5) is 5.69 Å². The van der Waals surface area contributed by atoms with Crippen LogP contribution in [0.1, 0.15) is 13.3 Å². The second-order valence-corrected chi connectivity index (χ2v) is 8.52. The zero-order valence-corrected chi connectivity index (χ0v) is 18.1. The topological polar surface area (TPSA) is 68.1 Å². The number of carbonyl (C=O) groups is 1. The number of anilines is 1. The van der Waals surface area contributed by atoms with Crippen LogP contribution in [0.25, 0.3) is 16.6 Å². The van der Waals surface area contributed by atoms with Crippen LogP contribution in [0.5, 0.6) is 5.75 Å². The molecule has 0 unspecified atom stereocenters. The smallest absolute Gasteiger partial charge is 0.220 e. The number of ether oxygens (including phenoxy) is 2. The van der Waals surface area contributed by atoms with Crippen molar-refractivity contribution in [3.63, 3.8) is 0 Å². The molecule has 3 aromatic rings. The van der Waals surface area contributed by atoms with Gasteiger partial charge in [0.1, 0.15) is 17.4 Å². The Morgan fingerprint density at radius 3 is 2.71 bits per heavy atom. The van der Waals surface area contributed by atoms with Crippen molar-refractivity contribution in [3.8, 4) is 16.9 Å². The van der Waals surface area contributed by atoms with Crippen molar-refractivity contribution in [1.29, 1.82) is 0 Å². The van der Waals surface area contributed by atoms with Crippen LogP contribution in [0.15, 0.2) is 42.7 Å². The van der Waals surface area contributed by atoms with Crippen molar-refractivity contribution in [2.24, 2.45) is 5.92 Å². The molecule has 0 aliphatic carbocycles. The number of nitrogens with zero attached hydrogens (tertiary/aromatic N) is 3. The average molecular weight is 441 g/mol. The number of aromatic nitrogens is 2.